The number of aromatic nitrogens is 2. The van der Waals surface area contributed by atoms with Crippen molar-refractivity contribution in [1.29, 1.82) is 0 Å². The van der Waals surface area contributed by atoms with Crippen molar-refractivity contribution < 1.29 is 26.0 Å². The number of fused-ring (bicyclic) bond motifs is 1. The summed E-state index contributed by atoms with van der Waals surface area (Å²) in [7, 11) is -3.19. The molecule has 2 aromatic rings. The van der Waals surface area contributed by atoms with E-state index in [1.54, 1.807) is 15.4 Å². The van der Waals surface area contributed by atoms with E-state index in [0.29, 0.717) is 74.3 Å². The van der Waals surface area contributed by atoms with Gasteiger partial charge in [-0.1, -0.05) is 0 Å². The number of nitrogens with one attached hydrogen (secondary N) is 1. The molecule has 1 saturated carbocycles. The highest BCUT2D eigenvalue weighted by atomic mass is 32.2. The highest BCUT2D eigenvalue weighted by Crippen LogP contribution is 2.36. The van der Waals surface area contributed by atoms with Gasteiger partial charge in [0.15, 0.2) is 0 Å². The van der Waals surface area contributed by atoms with Gasteiger partial charge >= 0.3 is 0 Å². The van der Waals surface area contributed by atoms with Crippen LogP contribution in [0.3, 0.4) is 0 Å². The third-order valence-electron chi connectivity index (χ3n) is 7.50. The van der Waals surface area contributed by atoms with E-state index in [4.69, 9.17) is 0 Å². The second-order valence-corrected chi connectivity index (χ2v) is 12.3. The maximum atomic E-state index is 13.6. The molecule has 3 aliphatic rings. The van der Waals surface area contributed by atoms with Crippen LogP contribution in [0.1, 0.15) is 62.0 Å². The lowest BCUT2D eigenvalue weighted by Gasteiger charge is -2.32. The minimum Gasteiger partial charge on any atom is -0.351 e. The fourth-order valence-electron chi connectivity index (χ4n) is 5.34. The van der Waals surface area contributed by atoms with Gasteiger partial charge in [0.05, 0.1) is 17.3 Å². The zero-order valence-electron chi connectivity index (χ0n) is 19.9. The fourth-order valence-corrected chi connectivity index (χ4v) is 7.21. The molecule has 0 amide bonds. The number of hydrogen-bond donors (Lipinski definition) is 1. The lowest BCUT2D eigenvalue weighted by atomic mass is 9.87. The van der Waals surface area contributed by atoms with E-state index in [-0.39, 0.29) is 29.3 Å². The standard InChI is InChI=1S/C24H31F4N5O2S/c25-21(26)14-32-7-3-15(4-8-32)20-12-16(23(27)28)11-17-13-29-24(31-22(17)20)30-18-5-9-33(10-6-18)36(34,35)19-1-2-19/h11-13,15,18-19,21,23H,1-10,14H2,(H,29,30,31). The number of hydrogen-bond acceptors (Lipinski definition) is 6. The van der Waals surface area contributed by atoms with Crippen LogP contribution in [-0.2, 0) is 10.0 Å². The molecule has 198 valence electrons. The maximum Gasteiger partial charge on any atom is 0.263 e. The quantitative estimate of drug-likeness (QED) is 0.512. The monoisotopic (exact) mass is 529 g/mol. The average molecular weight is 530 g/mol. The molecule has 5 rings (SSSR count). The summed E-state index contributed by atoms with van der Waals surface area (Å²) in [6.07, 6.45) is 0.440. The van der Waals surface area contributed by atoms with E-state index < -0.39 is 22.9 Å². The van der Waals surface area contributed by atoms with Crippen LogP contribution in [0.5, 0.6) is 0 Å². The Kier molecular flexibility index (Phi) is 7.37. The van der Waals surface area contributed by atoms with Crippen molar-refractivity contribution in [1.82, 2.24) is 19.2 Å². The van der Waals surface area contributed by atoms with Crippen molar-refractivity contribution in [3.8, 4) is 0 Å². The summed E-state index contributed by atoms with van der Waals surface area (Å²) >= 11 is 0. The number of nitrogens with zero attached hydrogens (tertiary/aromatic N) is 4. The smallest absolute Gasteiger partial charge is 0.263 e. The van der Waals surface area contributed by atoms with Gasteiger partial charge in [0.2, 0.25) is 16.0 Å². The van der Waals surface area contributed by atoms with Gasteiger partial charge in [-0.25, -0.2) is 40.3 Å². The van der Waals surface area contributed by atoms with Crippen LogP contribution in [-0.4, -0.2) is 78.0 Å². The zero-order chi connectivity index (χ0) is 25.4. The first-order valence-corrected chi connectivity index (χ1v) is 14.1. The predicted octanol–water partition coefficient (Wildman–Crippen LogP) is 4.38. The van der Waals surface area contributed by atoms with Gasteiger partial charge in [-0.2, -0.15) is 0 Å². The lowest BCUT2D eigenvalue weighted by Crippen LogP contribution is -2.43. The molecule has 1 N–H and O–H groups in total. The van der Waals surface area contributed by atoms with E-state index in [1.165, 1.54) is 12.1 Å². The molecule has 7 nitrogen and oxygen atoms in total. The van der Waals surface area contributed by atoms with Gasteiger partial charge in [-0.05, 0) is 75.2 Å². The van der Waals surface area contributed by atoms with Crippen LogP contribution in [0.15, 0.2) is 18.3 Å². The highest BCUT2D eigenvalue weighted by molar-refractivity contribution is 7.90. The molecule has 3 heterocycles. The Morgan fingerprint density at radius 3 is 2.28 bits per heavy atom. The molecule has 0 unspecified atom stereocenters. The molecule has 2 aliphatic heterocycles. The summed E-state index contributed by atoms with van der Waals surface area (Å²) in [6, 6.07) is 2.91. The Morgan fingerprint density at radius 1 is 0.972 bits per heavy atom. The van der Waals surface area contributed by atoms with Gasteiger partial charge in [0.25, 0.3) is 12.9 Å². The fraction of sp³-hybridized carbons (Fsp3) is 0.667. The lowest BCUT2D eigenvalue weighted by molar-refractivity contribution is 0.0754. The number of anilines is 1. The van der Waals surface area contributed by atoms with Crippen molar-refractivity contribution in [2.45, 2.75) is 68.6 Å². The summed E-state index contributed by atoms with van der Waals surface area (Å²) in [5.41, 5.74) is 1.20. The van der Waals surface area contributed by atoms with Crippen LogP contribution < -0.4 is 5.32 Å². The Balaban J connectivity index is 1.32. The highest BCUT2D eigenvalue weighted by Gasteiger charge is 2.41. The second kappa shape index (κ2) is 10.4. The van der Waals surface area contributed by atoms with E-state index in [2.05, 4.69) is 15.3 Å². The second-order valence-electron chi connectivity index (χ2n) is 10.1. The Labute approximate surface area is 208 Å². The van der Waals surface area contributed by atoms with Gasteiger partial charge in [0.1, 0.15) is 0 Å². The van der Waals surface area contributed by atoms with Crippen LogP contribution in [0.4, 0.5) is 23.5 Å². The molecule has 1 aliphatic carbocycles. The Hall–Kier alpha value is -2.05. The predicted molar refractivity (Wildman–Crippen MR) is 129 cm³/mol. The summed E-state index contributed by atoms with van der Waals surface area (Å²) in [5.74, 6) is 0.325. The first kappa shape index (κ1) is 25.6. The number of rotatable bonds is 8. The number of sulfonamides is 1. The van der Waals surface area contributed by atoms with Gasteiger partial charge in [-0.15, -0.1) is 0 Å². The largest absolute Gasteiger partial charge is 0.351 e. The van der Waals surface area contributed by atoms with Crippen LogP contribution in [0.25, 0.3) is 10.9 Å². The molecule has 1 aromatic heterocycles. The Morgan fingerprint density at radius 2 is 1.67 bits per heavy atom. The molecule has 1 aromatic carbocycles. The van der Waals surface area contributed by atoms with E-state index >= 15 is 0 Å². The maximum absolute atomic E-state index is 13.6. The molecular weight excluding hydrogens is 498 g/mol. The molecule has 0 bridgehead atoms. The third-order valence-corrected chi connectivity index (χ3v) is 9.90. The van der Waals surface area contributed by atoms with E-state index in [9.17, 15) is 26.0 Å². The molecular formula is C24H31F4N5O2S. The minimum atomic E-state index is -3.19. The summed E-state index contributed by atoms with van der Waals surface area (Å²) in [5, 5.41) is 3.61. The first-order chi connectivity index (χ1) is 17.2. The summed E-state index contributed by atoms with van der Waals surface area (Å²) in [4.78, 5) is 10.7. The van der Waals surface area contributed by atoms with Crippen molar-refractivity contribution in [2.75, 3.05) is 38.0 Å². The average Bonchev–Trinajstić information content (AvgIpc) is 3.70. The molecule has 0 atom stereocenters. The number of halogens is 4. The topological polar surface area (TPSA) is 78.4 Å². The Bertz CT molecular complexity index is 1180. The molecule has 3 fully saturated rings. The zero-order valence-corrected chi connectivity index (χ0v) is 20.7. The third kappa shape index (κ3) is 5.60. The van der Waals surface area contributed by atoms with Gasteiger partial charge in [0, 0.05) is 36.3 Å². The normalized spacial score (nSPS) is 21.6. The molecule has 0 spiro atoms. The van der Waals surface area contributed by atoms with Crippen molar-refractivity contribution in [3.63, 3.8) is 0 Å². The molecule has 0 radical (unpaired) electrons. The van der Waals surface area contributed by atoms with E-state index in [0.717, 1.165) is 12.8 Å². The van der Waals surface area contributed by atoms with Crippen molar-refractivity contribution in [2.24, 2.45) is 0 Å². The van der Waals surface area contributed by atoms with Gasteiger partial charge in [-0.3, -0.25) is 4.90 Å². The van der Waals surface area contributed by atoms with E-state index in [1.807, 2.05) is 0 Å². The molecule has 12 heteroatoms. The summed E-state index contributed by atoms with van der Waals surface area (Å²) < 4.78 is 79.3. The van der Waals surface area contributed by atoms with Crippen LogP contribution in [0.2, 0.25) is 0 Å². The summed E-state index contributed by atoms with van der Waals surface area (Å²) in [6.45, 7) is 1.58. The van der Waals surface area contributed by atoms with Crippen LogP contribution in [0, 0.1) is 0 Å². The molecule has 36 heavy (non-hydrogen) atoms. The van der Waals surface area contributed by atoms with Crippen molar-refractivity contribution in [3.05, 3.63) is 29.5 Å². The van der Waals surface area contributed by atoms with Crippen LogP contribution >= 0.6 is 0 Å². The molecule has 2 saturated heterocycles. The number of piperidine rings is 2. The van der Waals surface area contributed by atoms with Crippen molar-refractivity contribution >= 4 is 26.9 Å². The number of benzene rings is 1. The first-order valence-electron chi connectivity index (χ1n) is 12.6. The number of alkyl halides is 4. The minimum absolute atomic E-state index is 0.00877. The van der Waals surface area contributed by atoms with Gasteiger partial charge < -0.3 is 5.32 Å². The number of likely N-dealkylation sites (tertiary alicyclic amines) is 1. The SMILES string of the molecule is O=S(=O)(C1CC1)N1CCC(Nc2ncc3cc(C(F)F)cc(C4CCN(CC(F)F)CC4)c3n2)CC1.